The van der Waals surface area contributed by atoms with Crippen molar-refractivity contribution in [2.75, 3.05) is 25.0 Å². The van der Waals surface area contributed by atoms with Gasteiger partial charge >= 0.3 is 12.1 Å². The van der Waals surface area contributed by atoms with E-state index in [1.54, 1.807) is 11.9 Å². The van der Waals surface area contributed by atoms with Crippen molar-refractivity contribution < 1.29 is 23.9 Å². The van der Waals surface area contributed by atoms with Crippen LogP contribution in [0.4, 0.5) is 10.5 Å². The maximum absolute atomic E-state index is 13.9. The van der Waals surface area contributed by atoms with Gasteiger partial charge in [-0.15, -0.1) is 11.8 Å². The molecule has 0 saturated carbocycles. The number of likely N-dealkylation sites (N-methyl/N-ethyl adjacent to an activating group) is 1. The Balaban J connectivity index is 1.55. The van der Waals surface area contributed by atoms with E-state index in [4.69, 9.17) is 9.47 Å². The molecule has 8 heteroatoms. The molecule has 0 N–H and O–H groups in total. The summed E-state index contributed by atoms with van der Waals surface area (Å²) in [5.41, 5.74) is 3.61. The minimum Gasteiger partial charge on any atom is -0.451 e. The second-order valence-corrected chi connectivity index (χ2v) is 10.1. The maximum Gasteiger partial charge on any atom is 0.409 e. The van der Waals surface area contributed by atoms with Crippen LogP contribution >= 0.6 is 11.8 Å². The van der Waals surface area contributed by atoms with Crippen LogP contribution in [-0.4, -0.2) is 49.1 Å². The molecular weight excluding hydrogens is 488 g/mol. The van der Waals surface area contributed by atoms with Gasteiger partial charge in [-0.2, -0.15) is 0 Å². The summed E-state index contributed by atoms with van der Waals surface area (Å²) in [6, 6.07) is 24.9. The number of thioether (sulfide) groups is 1. The van der Waals surface area contributed by atoms with Crippen LogP contribution in [0.3, 0.4) is 0 Å². The number of carbonyl (C=O) groups excluding carboxylic acids is 3. The van der Waals surface area contributed by atoms with Gasteiger partial charge in [0.15, 0.2) is 6.10 Å². The number of carbonyl (C=O) groups is 3. The maximum atomic E-state index is 13.9. The molecule has 1 aliphatic heterocycles. The molecule has 0 aliphatic carbocycles. The normalized spacial score (nSPS) is 16.9. The third-order valence-corrected chi connectivity index (χ3v) is 7.44. The smallest absolute Gasteiger partial charge is 0.409 e. The summed E-state index contributed by atoms with van der Waals surface area (Å²) in [7, 11) is 1.63. The Kier molecular flexibility index (Phi) is 8.50. The fourth-order valence-electron chi connectivity index (χ4n) is 4.07. The van der Waals surface area contributed by atoms with Crippen molar-refractivity contribution in [3.05, 3.63) is 95.6 Å². The Labute approximate surface area is 221 Å². The summed E-state index contributed by atoms with van der Waals surface area (Å²) >= 11 is 1.50. The van der Waals surface area contributed by atoms with Crippen molar-refractivity contribution in [1.82, 2.24) is 4.90 Å². The van der Waals surface area contributed by atoms with Gasteiger partial charge in [-0.05, 0) is 30.2 Å². The van der Waals surface area contributed by atoms with Crippen molar-refractivity contribution in [3.8, 4) is 0 Å². The lowest BCUT2D eigenvalue weighted by molar-refractivity contribution is -0.152. The number of amides is 2. The summed E-state index contributed by atoms with van der Waals surface area (Å²) in [6.45, 7) is 3.92. The average molecular weight is 519 g/mol. The van der Waals surface area contributed by atoms with E-state index in [0.717, 1.165) is 27.3 Å². The van der Waals surface area contributed by atoms with Crippen LogP contribution < -0.4 is 4.90 Å². The van der Waals surface area contributed by atoms with E-state index in [2.05, 4.69) is 0 Å². The third kappa shape index (κ3) is 6.51. The number of fused-ring (bicyclic) bond motifs is 1. The summed E-state index contributed by atoms with van der Waals surface area (Å²) in [6.07, 6.45) is -1.50. The lowest BCUT2D eigenvalue weighted by Gasteiger charge is -2.29. The lowest BCUT2D eigenvalue weighted by atomic mass is 10.0. The molecular formula is C29H30N2O5S. The summed E-state index contributed by atoms with van der Waals surface area (Å²) in [4.78, 5) is 42.5. The van der Waals surface area contributed by atoms with Gasteiger partial charge in [-0.25, -0.2) is 4.79 Å². The Bertz CT molecular complexity index is 1250. The first kappa shape index (κ1) is 26.3. The van der Waals surface area contributed by atoms with Crippen molar-refractivity contribution in [2.45, 2.75) is 36.7 Å². The Morgan fingerprint density at radius 3 is 2.35 bits per heavy atom. The first-order valence-corrected chi connectivity index (χ1v) is 12.9. The molecule has 0 aromatic heterocycles. The molecule has 0 saturated heterocycles. The predicted molar refractivity (Wildman–Crippen MR) is 143 cm³/mol. The van der Waals surface area contributed by atoms with Gasteiger partial charge in [-0.3, -0.25) is 9.59 Å². The van der Waals surface area contributed by atoms with Gasteiger partial charge in [0.1, 0.15) is 6.61 Å². The van der Waals surface area contributed by atoms with Crippen LogP contribution in [0.2, 0.25) is 0 Å². The van der Waals surface area contributed by atoms with Gasteiger partial charge < -0.3 is 19.3 Å². The van der Waals surface area contributed by atoms with Gasteiger partial charge in [0, 0.05) is 32.0 Å². The molecule has 0 fully saturated rings. The number of hydrogen-bond donors (Lipinski definition) is 0. The van der Waals surface area contributed by atoms with Crippen molar-refractivity contribution in [1.29, 1.82) is 0 Å². The quantitative estimate of drug-likeness (QED) is 0.391. The summed E-state index contributed by atoms with van der Waals surface area (Å²) in [5, 5.41) is -0.420. The highest BCUT2D eigenvalue weighted by Crippen LogP contribution is 2.46. The minimum atomic E-state index is -1.02. The van der Waals surface area contributed by atoms with E-state index in [1.807, 2.05) is 85.8 Å². The largest absolute Gasteiger partial charge is 0.451 e. The van der Waals surface area contributed by atoms with E-state index < -0.39 is 23.4 Å². The molecule has 192 valence electrons. The van der Waals surface area contributed by atoms with E-state index >= 15 is 0 Å². The molecule has 0 spiro atoms. The zero-order valence-corrected chi connectivity index (χ0v) is 21.9. The van der Waals surface area contributed by atoms with Crippen molar-refractivity contribution in [3.63, 3.8) is 0 Å². The molecule has 2 unspecified atom stereocenters. The first-order valence-electron chi connectivity index (χ1n) is 12.1. The minimum absolute atomic E-state index is 0.166. The predicted octanol–water partition coefficient (Wildman–Crippen LogP) is 5.38. The van der Waals surface area contributed by atoms with Crippen LogP contribution in [0.5, 0.6) is 0 Å². The van der Waals surface area contributed by atoms with Crippen LogP contribution in [0.15, 0.2) is 83.8 Å². The lowest BCUT2D eigenvalue weighted by Crippen LogP contribution is -2.46. The number of rotatable bonds is 7. The number of hydrogen-bond acceptors (Lipinski definition) is 6. The zero-order chi connectivity index (χ0) is 26.4. The number of ether oxygens (including phenoxy) is 2. The Morgan fingerprint density at radius 2 is 1.65 bits per heavy atom. The number of esters is 1. The molecule has 1 aliphatic rings. The van der Waals surface area contributed by atoms with Crippen LogP contribution in [-0.2, 0) is 25.7 Å². The number of nitrogens with zero attached hydrogens (tertiary/aromatic N) is 2. The molecule has 2 atom stereocenters. The molecule has 0 bridgehead atoms. The van der Waals surface area contributed by atoms with E-state index in [0.29, 0.717) is 0 Å². The molecule has 7 nitrogen and oxygen atoms in total. The first-order chi connectivity index (χ1) is 17.8. The number of benzene rings is 3. The second-order valence-electron chi connectivity index (χ2n) is 8.90. The topological polar surface area (TPSA) is 76.2 Å². The monoisotopic (exact) mass is 518 g/mol. The highest BCUT2D eigenvalue weighted by molar-refractivity contribution is 7.99. The van der Waals surface area contributed by atoms with Gasteiger partial charge in [0.25, 0.3) is 5.91 Å². The van der Waals surface area contributed by atoms with Crippen molar-refractivity contribution >= 4 is 35.4 Å². The highest BCUT2D eigenvalue weighted by Gasteiger charge is 2.40. The number of anilines is 1. The van der Waals surface area contributed by atoms with E-state index in [1.165, 1.54) is 23.6 Å². The molecule has 3 aromatic carbocycles. The fraction of sp³-hybridized carbons (Fsp3) is 0.276. The average Bonchev–Trinajstić information content (AvgIpc) is 3.01. The SMILES string of the molecule is CC(=O)OC1C(=O)N(CCN(C)C(=O)OCc2ccccc2)c2ccccc2SC1c1ccc(C)cc1. The Morgan fingerprint density at radius 1 is 0.973 bits per heavy atom. The highest BCUT2D eigenvalue weighted by atomic mass is 32.2. The zero-order valence-electron chi connectivity index (χ0n) is 21.1. The van der Waals surface area contributed by atoms with E-state index in [9.17, 15) is 14.4 Å². The summed E-state index contributed by atoms with van der Waals surface area (Å²) < 4.78 is 11.0. The molecule has 0 radical (unpaired) electrons. The third-order valence-electron chi connectivity index (χ3n) is 6.07. The fourth-order valence-corrected chi connectivity index (χ4v) is 5.39. The van der Waals surface area contributed by atoms with Crippen molar-refractivity contribution in [2.24, 2.45) is 0 Å². The van der Waals surface area contributed by atoms with E-state index in [-0.39, 0.29) is 25.6 Å². The molecule has 3 aromatic rings. The summed E-state index contributed by atoms with van der Waals surface area (Å²) in [5.74, 6) is -0.854. The molecule has 2 amide bonds. The van der Waals surface area contributed by atoms with Gasteiger partial charge in [0.2, 0.25) is 0 Å². The second kappa shape index (κ2) is 12.0. The molecule has 1 heterocycles. The van der Waals surface area contributed by atoms with Gasteiger partial charge in [-0.1, -0.05) is 72.3 Å². The van der Waals surface area contributed by atoms with Crippen LogP contribution in [0.25, 0.3) is 0 Å². The van der Waals surface area contributed by atoms with Gasteiger partial charge in [0.05, 0.1) is 10.9 Å². The van der Waals surface area contributed by atoms with Crippen LogP contribution in [0.1, 0.15) is 28.9 Å². The molecule has 37 heavy (non-hydrogen) atoms. The number of aryl methyl sites for hydroxylation is 1. The molecule has 4 rings (SSSR count). The standard InChI is InChI=1S/C29H30N2O5S/c1-20-13-15-23(16-14-20)27-26(36-21(2)32)28(33)31(24-11-7-8-12-25(24)37-27)18-17-30(3)29(34)35-19-22-9-5-4-6-10-22/h4-16,26-27H,17-19H2,1-3H3. The van der Waals surface area contributed by atoms with Crippen LogP contribution in [0, 0.1) is 6.92 Å². The Hall–Kier alpha value is -3.78. The number of para-hydroxylation sites is 1.